The Morgan fingerprint density at radius 3 is 2.83 bits per heavy atom. The van der Waals surface area contributed by atoms with Crippen molar-refractivity contribution in [2.24, 2.45) is 0 Å². The number of hydrogen-bond donors (Lipinski definition) is 1. The first-order valence-corrected chi connectivity index (χ1v) is 8.99. The highest BCUT2D eigenvalue weighted by atomic mass is 16.5. The number of rotatable bonds is 7. The topological polar surface area (TPSA) is 99.2 Å². The van der Waals surface area contributed by atoms with Gasteiger partial charge in [0, 0.05) is 24.1 Å². The van der Waals surface area contributed by atoms with E-state index in [4.69, 9.17) is 9.15 Å². The van der Waals surface area contributed by atoms with Crippen LogP contribution >= 0.6 is 0 Å². The summed E-state index contributed by atoms with van der Waals surface area (Å²) in [5.41, 5.74) is 2.03. The second-order valence-electron chi connectivity index (χ2n) is 6.43. The molecule has 0 saturated carbocycles. The number of aromatic nitrogens is 3. The van der Waals surface area contributed by atoms with Gasteiger partial charge in [-0.2, -0.15) is 5.10 Å². The highest BCUT2D eigenvalue weighted by molar-refractivity contribution is 5.79. The minimum absolute atomic E-state index is 0.138. The number of nitrogens with zero attached hydrogens (tertiary/aromatic N) is 3. The second-order valence-corrected chi connectivity index (χ2v) is 6.43. The molecule has 8 nitrogen and oxygen atoms in total. The van der Waals surface area contributed by atoms with E-state index in [1.807, 2.05) is 24.3 Å². The molecular formula is C21H18N4O4. The zero-order chi connectivity index (χ0) is 20.1. The van der Waals surface area contributed by atoms with Crippen molar-refractivity contribution in [3.63, 3.8) is 0 Å². The van der Waals surface area contributed by atoms with Crippen LogP contribution in [0.2, 0.25) is 0 Å². The van der Waals surface area contributed by atoms with E-state index in [1.54, 1.807) is 35.3 Å². The maximum absolute atomic E-state index is 12.1. The molecule has 1 N–H and O–H groups in total. The number of carbonyl (C=O) groups excluding carboxylic acids is 1. The molecule has 0 fully saturated rings. The lowest BCUT2D eigenvalue weighted by molar-refractivity contribution is -0.123. The van der Waals surface area contributed by atoms with Crippen LogP contribution in [0.15, 0.2) is 76.5 Å². The maximum Gasteiger partial charge on any atom is 0.336 e. The summed E-state index contributed by atoms with van der Waals surface area (Å²) in [5.74, 6) is 0.207. The molecule has 2 heterocycles. The highest BCUT2D eigenvalue weighted by Gasteiger charge is 2.06. The summed E-state index contributed by atoms with van der Waals surface area (Å²) < 4.78 is 12.4. The molecule has 2 aromatic heterocycles. The van der Waals surface area contributed by atoms with Gasteiger partial charge in [0.15, 0.2) is 6.61 Å². The van der Waals surface area contributed by atoms with Crippen molar-refractivity contribution >= 4 is 16.9 Å². The number of benzene rings is 2. The third kappa shape index (κ3) is 4.86. The van der Waals surface area contributed by atoms with Crippen molar-refractivity contribution in [2.45, 2.75) is 13.1 Å². The van der Waals surface area contributed by atoms with Gasteiger partial charge in [-0.3, -0.25) is 4.79 Å². The quantitative estimate of drug-likeness (QED) is 0.485. The zero-order valence-corrected chi connectivity index (χ0v) is 15.4. The summed E-state index contributed by atoms with van der Waals surface area (Å²) in [6, 6.07) is 16.0. The molecule has 29 heavy (non-hydrogen) atoms. The third-order valence-corrected chi connectivity index (χ3v) is 4.26. The average Bonchev–Trinajstić information content (AvgIpc) is 3.23. The van der Waals surface area contributed by atoms with Crippen molar-refractivity contribution in [1.29, 1.82) is 0 Å². The molecular weight excluding hydrogens is 372 g/mol. The van der Waals surface area contributed by atoms with Gasteiger partial charge in [0.25, 0.3) is 5.91 Å². The first-order chi connectivity index (χ1) is 14.2. The lowest BCUT2D eigenvalue weighted by atomic mass is 10.1. The Bertz CT molecular complexity index is 1180. The molecule has 0 aliphatic carbocycles. The second kappa shape index (κ2) is 8.39. The Morgan fingerprint density at radius 2 is 1.97 bits per heavy atom. The molecule has 8 heteroatoms. The molecule has 2 aromatic carbocycles. The van der Waals surface area contributed by atoms with Gasteiger partial charge in [0.1, 0.15) is 24.0 Å². The number of fused-ring (bicyclic) bond motifs is 1. The van der Waals surface area contributed by atoms with Crippen LogP contribution in [0.5, 0.6) is 5.75 Å². The van der Waals surface area contributed by atoms with Gasteiger partial charge in [-0.15, -0.1) is 0 Å². The summed E-state index contributed by atoms with van der Waals surface area (Å²) in [5, 5.41) is 7.70. The lowest BCUT2D eigenvalue weighted by Gasteiger charge is -2.09. The van der Waals surface area contributed by atoms with Crippen LogP contribution in [0.1, 0.15) is 11.1 Å². The van der Waals surface area contributed by atoms with E-state index in [-0.39, 0.29) is 12.5 Å². The van der Waals surface area contributed by atoms with Gasteiger partial charge in [-0.05, 0) is 29.3 Å². The normalized spacial score (nSPS) is 10.8. The number of amides is 1. The molecule has 0 radical (unpaired) electrons. The molecule has 0 atom stereocenters. The molecule has 0 unspecified atom stereocenters. The van der Waals surface area contributed by atoms with Gasteiger partial charge >= 0.3 is 5.63 Å². The summed E-state index contributed by atoms with van der Waals surface area (Å²) >= 11 is 0. The van der Waals surface area contributed by atoms with Crippen LogP contribution < -0.4 is 15.7 Å². The van der Waals surface area contributed by atoms with Gasteiger partial charge < -0.3 is 14.5 Å². The number of ether oxygens (including phenoxy) is 1. The first-order valence-electron chi connectivity index (χ1n) is 8.99. The number of hydrogen-bond acceptors (Lipinski definition) is 6. The van der Waals surface area contributed by atoms with Gasteiger partial charge in [0.2, 0.25) is 0 Å². The van der Waals surface area contributed by atoms with Gasteiger partial charge in [0.05, 0.1) is 6.54 Å². The minimum atomic E-state index is -0.432. The number of nitrogens with one attached hydrogen (secondary N) is 1. The largest absolute Gasteiger partial charge is 0.484 e. The fraction of sp³-hybridized carbons (Fsp3) is 0.143. The van der Waals surface area contributed by atoms with E-state index in [1.165, 1.54) is 12.4 Å². The molecule has 0 bridgehead atoms. The smallest absolute Gasteiger partial charge is 0.336 e. The fourth-order valence-corrected chi connectivity index (χ4v) is 2.87. The minimum Gasteiger partial charge on any atom is -0.484 e. The molecule has 0 aliphatic rings. The van der Waals surface area contributed by atoms with Crippen LogP contribution in [0.25, 0.3) is 11.0 Å². The lowest BCUT2D eigenvalue weighted by Crippen LogP contribution is -2.28. The predicted molar refractivity (Wildman–Crippen MR) is 105 cm³/mol. The summed E-state index contributed by atoms with van der Waals surface area (Å²) in [4.78, 5) is 27.4. The van der Waals surface area contributed by atoms with Gasteiger partial charge in [-0.1, -0.05) is 24.3 Å². The summed E-state index contributed by atoms with van der Waals surface area (Å²) in [7, 11) is 0. The fourth-order valence-electron chi connectivity index (χ4n) is 2.87. The average molecular weight is 390 g/mol. The molecule has 1 amide bonds. The Morgan fingerprint density at radius 1 is 1.10 bits per heavy atom. The Kier molecular flexibility index (Phi) is 5.33. The molecule has 0 saturated heterocycles. The highest BCUT2D eigenvalue weighted by Crippen LogP contribution is 2.19. The van der Waals surface area contributed by atoms with E-state index < -0.39 is 5.63 Å². The van der Waals surface area contributed by atoms with Crippen molar-refractivity contribution in [3.8, 4) is 5.75 Å². The Labute approximate surface area is 165 Å². The molecule has 0 spiro atoms. The van der Waals surface area contributed by atoms with Crippen LogP contribution in [0.3, 0.4) is 0 Å². The van der Waals surface area contributed by atoms with E-state index in [0.29, 0.717) is 24.4 Å². The Hall–Kier alpha value is -3.94. The number of carbonyl (C=O) groups is 1. The van der Waals surface area contributed by atoms with E-state index in [2.05, 4.69) is 15.4 Å². The van der Waals surface area contributed by atoms with Crippen molar-refractivity contribution in [3.05, 3.63) is 88.8 Å². The van der Waals surface area contributed by atoms with E-state index in [9.17, 15) is 9.59 Å². The van der Waals surface area contributed by atoms with E-state index >= 15 is 0 Å². The van der Waals surface area contributed by atoms with Crippen molar-refractivity contribution in [1.82, 2.24) is 20.1 Å². The van der Waals surface area contributed by atoms with Crippen LogP contribution in [0.4, 0.5) is 0 Å². The molecule has 0 aliphatic heterocycles. The van der Waals surface area contributed by atoms with E-state index in [0.717, 1.165) is 16.5 Å². The molecule has 4 rings (SSSR count). The zero-order valence-electron chi connectivity index (χ0n) is 15.4. The maximum atomic E-state index is 12.1. The monoisotopic (exact) mass is 390 g/mol. The van der Waals surface area contributed by atoms with Crippen LogP contribution in [-0.4, -0.2) is 27.3 Å². The van der Waals surface area contributed by atoms with Crippen LogP contribution in [0, 0.1) is 0 Å². The SMILES string of the molecule is O=C(COc1ccc2ccc(=O)oc2c1)NCc1cccc(Cn2cncn2)c1. The van der Waals surface area contributed by atoms with Crippen molar-refractivity contribution in [2.75, 3.05) is 6.61 Å². The third-order valence-electron chi connectivity index (χ3n) is 4.26. The summed E-state index contributed by atoms with van der Waals surface area (Å²) in [6.07, 6.45) is 3.15. The standard InChI is InChI=1S/C21H18N4O4/c26-20(12-28-18-6-4-17-5-7-21(27)29-19(17)9-18)23-10-15-2-1-3-16(8-15)11-25-14-22-13-24-25/h1-9,13-14H,10-12H2,(H,23,26). The molecule has 4 aromatic rings. The molecule has 146 valence electrons. The predicted octanol–water partition coefficient (Wildman–Crippen LogP) is 2.13. The van der Waals surface area contributed by atoms with Gasteiger partial charge in [-0.25, -0.2) is 14.5 Å². The van der Waals surface area contributed by atoms with Crippen molar-refractivity contribution < 1.29 is 13.9 Å². The summed E-state index contributed by atoms with van der Waals surface area (Å²) in [6.45, 7) is 0.865. The first kappa shape index (κ1) is 18.4. The Balaban J connectivity index is 1.30. The van der Waals surface area contributed by atoms with Crippen LogP contribution in [-0.2, 0) is 17.9 Å².